The maximum atomic E-state index is 6.41. The summed E-state index contributed by atoms with van der Waals surface area (Å²) in [5, 5.41) is 0. The van der Waals surface area contributed by atoms with Crippen LogP contribution < -0.4 is 0 Å². The van der Waals surface area contributed by atoms with Gasteiger partial charge in [0.15, 0.2) is 0 Å². The highest BCUT2D eigenvalue weighted by molar-refractivity contribution is 7.04. The highest BCUT2D eigenvalue weighted by atomic mass is 31.0. The molecule has 1 nitrogen and oxygen atoms in total. The largest absolute Gasteiger partial charge is 0.281 e. The predicted octanol–water partition coefficient (Wildman–Crippen LogP) is -0.0966. The van der Waals surface area contributed by atoms with Crippen LogP contribution in [-0.2, 0) is 0 Å². The van der Waals surface area contributed by atoms with Crippen molar-refractivity contribution >= 4 is 16.8 Å². The maximum Gasteiger partial charge on any atom is 0.129 e. The van der Waals surface area contributed by atoms with E-state index < -0.39 is 0 Å². The van der Waals surface area contributed by atoms with Gasteiger partial charge in [-0.25, -0.2) is 0 Å². The molecule has 0 N–H and O–H groups in total. The van der Waals surface area contributed by atoms with Crippen molar-refractivity contribution in [3.63, 3.8) is 0 Å². The zero-order valence-corrected chi connectivity index (χ0v) is 3.50. The van der Waals surface area contributed by atoms with Gasteiger partial charge in [0.2, 0.25) is 0 Å². The third-order valence-electron chi connectivity index (χ3n) is 0.141. The van der Waals surface area contributed by atoms with Gasteiger partial charge in [0.25, 0.3) is 0 Å². The topological polar surface area (TPSA) is 12.4 Å². The van der Waals surface area contributed by atoms with Crippen molar-refractivity contribution in [2.75, 3.05) is 6.44 Å². The smallest absolute Gasteiger partial charge is 0.129 e. The lowest BCUT2D eigenvalue weighted by Gasteiger charge is -1.59. The molecule has 0 aromatic rings. The summed E-state index contributed by atoms with van der Waals surface area (Å²) in [6, 6.07) is 0. The molecule has 0 unspecified atom stereocenters. The van der Waals surface area contributed by atoms with Crippen molar-refractivity contribution in [2.45, 2.75) is 0 Å². The summed E-state index contributed by atoms with van der Waals surface area (Å²) in [7, 11) is 2.32. The molecule has 4 heavy (non-hydrogen) atoms. The van der Waals surface area contributed by atoms with E-state index in [0.717, 1.165) is 6.44 Å². The average molecular weight is 74.9 g/mol. The van der Waals surface area contributed by atoms with E-state index in [0.29, 0.717) is 8.98 Å². The van der Waals surface area contributed by atoms with Crippen molar-refractivity contribution in [3.05, 3.63) is 0 Å². The highest BCUT2D eigenvalue weighted by Gasteiger charge is 1.47. The molecule has 0 saturated carbocycles. The fourth-order valence-electron chi connectivity index (χ4n) is 0. The third-order valence-corrected chi connectivity index (χ3v) is 0.424. The van der Waals surface area contributed by atoms with Gasteiger partial charge in [0.05, 0.1) is 0 Å². The SMILES string of the molecule is [3H]/P=N/CB. The molecule has 0 fully saturated rings. The highest BCUT2D eigenvalue weighted by Crippen LogP contribution is 1.61. The van der Waals surface area contributed by atoms with Gasteiger partial charge in [-0.15, -0.1) is 0 Å². The molecule has 0 saturated heterocycles. The van der Waals surface area contributed by atoms with Gasteiger partial charge in [-0.2, -0.15) is 0 Å². The zero-order valence-electron chi connectivity index (χ0n) is 3.60. The minimum absolute atomic E-state index is 0.405. The Hall–Kier alpha value is 0.165. The van der Waals surface area contributed by atoms with E-state index in [1.54, 1.807) is 0 Å². The molecule has 0 aliphatic rings. The van der Waals surface area contributed by atoms with Crippen molar-refractivity contribution in [1.29, 1.82) is 1.28 Å². The molecule has 0 aliphatic heterocycles. The fraction of sp³-hybridized carbons (Fsp3) is 1.00. The first-order valence-electron chi connectivity index (χ1n) is 1.67. The van der Waals surface area contributed by atoms with Crippen LogP contribution in [0.1, 0.15) is 0 Å². The lowest BCUT2D eigenvalue weighted by molar-refractivity contribution is 1.43. The lowest BCUT2D eigenvalue weighted by Crippen LogP contribution is -1.63. The predicted molar refractivity (Wildman–Crippen MR) is 24.2 cm³/mol. The quantitative estimate of drug-likeness (QED) is 0.305. The molecule has 0 amide bonds. The normalized spacial score (nSPS) is 12.5. The first kappa shape index (κ1) is 2.41. The summed E-state index contributed by atoms with van der Waals surface area (Å²) in [5.74, 6) is 0. The monoisotopic (exact) mass is 75.0 g/mol. The number of rotatable bonds is 1. The summed E-state index contributed by atoms with van der Waals surface area (Å²) >= 11 is 0. The van der Waals surface area contributed by atoms with Gasteiger partial charge in [-0.05, 0) is 8.98 Å². The molecule has 22 valence electrons. The molecular formula is CH5BNP. The minimum Gasteiger partial charge on any atom is -0.281 e. The van der Waals surface area contributed by atoms with Crippen molar-refractivity contribution in [2.24, 2.45) is 4.74 Å². The van der Waals surface area contributed by atoms with Crippen molar-refractivity contribution in [1.82, 2.24) is 0 Å². The molecule has 0 radical (unpaired) electrons. The molecule has 3 heteroatoms. The van der Waals surface area contributed by atoms with Crippen molar-refractivity contribution < 1.29 is 0 Å². The number of hydrogen-bond donors (Lipinski definition) is 0. The Morgan fingerprint density at radius 3 is 3.25 bits per heavy atom. The summed E-state index contributed by atoms with van der Waals surface area (Å²) in [5.41, 5.74) is 0. The van der Waals surface area contributed by atoms with Crippen LogP contribution in [0.15, 0.2) is 4.74 Å². The minimum atomic E-state index is 0.405. The van der Waals surface area contributed by atoms with Gasteiger partial charge < -0.3 is 0 Å². The Morgan fingerprint density at radius 1 is 2.50 bits per heavy atom. The molecule has 0 rings (SSSR count). The first-order chi connectivity index (χ1) is 2.41. The Morgan fingerprint density at radius 2 is 3.25 bits per heavy atom. The second-order valence-corrected chi connectivity index (χ2v) is 0.740. The standard InChI is InChI=1S/CH5BNP/c2-1-3-4/h4H,1-2H2/i4T. The van der Waals surface area contributed by atoms with E-state index in [4.69, 9.17) is 1.28 Å². The summed E-state index contributed by atoms with van der Waals surface area (Å²) in [4.78, 5) is 0. The Balaban J connectivity index is 2.62. The second kappa shape index (κ2) is 3.16. The molecule has 0 bridgehead atoms. The van der Waals surface area contributed by atoms with Gasteiger partial charge >= 0.3 is 0 Å². The van der Waals surface area contributed by atoms with Crippen LogP contribution in [0.4, 0.5) is 0 Å². The van der Waals surface area contributed by atoms with E-state index in [1.807, 2.05) is 7.85 Å². The lowest BCUT2D eigenvalue weighted by atomic mass is 10.2. The van der Waals surface area contributed by atoms with Gasteiger partial charge in [-0.3, -0.25) is 4.74 Å². The summed E-state index contributed by atoms with van der Waals surface area (Å²) in [6.45, 7) is 0. The number of hydrogen-bond acceptors (Lipinski definition) is 1. The van der Waals surface area contributed by atoms with Gasteiger partial charge in [-0.1, -0.05) is 0 Å². The van der Waals surface area contributed by atoms with Gasteiger partial charge in [0, 0.05) is 6.44 Å². The van der Waals surface area contributed by atoms with E-state index in [-0.39, 0.29) is 0 Å². The molecule has 0 aliphatic carbocycles. The van der Waals surface area contributed by atoms with Gasteiger partial charge in [0.1, 0.15) is 9.12 Å². The van der Waals surface area contributed by atoms with Crippen LogP contribution in [0.25, 0.3) is 0 Å². The number of nitrogens with zero attached hydrogens (tertiary/aromatic N) is 1. The Labute approximate surface area is 30.4 Å². The Bertz CT molecular complexity index is 38.6. The van der Waals surface area contributed by atoms with Crippen LogP contribution in [-0.4, -0.2) is 15.6 Å². The Kier molecular flexibility index (Phi) is 1.90. The average Bonchev–Trinajstić information content (AvgIpc) is 1.41. The summed E-state index contributed by atoms with van der Waals surface area (Å²) in [6.07, 6.45) is 0.769. The second-order valence-electron chi connectivity index (χ2n) is 0.458. The molecular weight excluding hydrogens is 67.8 g/mol. The van der Waals surface area contributed by atoms with Crippen molar-refractivity contribution in [3.8, 4) is 0 Å². The first-order valence-corrected chi connectivity index (χ1v) is 1.62. The molecule has 0 spiro atoms. The van der Waals surface area contributed by atoms with Crippen LogP contribution in [0, 0.1) is 0 Å². The fourth-order valence-corrected chi connectivity index (χ4v) is 0. The van der Waals surface area contributed by atoms with Crippen LogP contribution >= 0.6 is 8.98 Å². The zero-order chi connectivity index (χ0) is 4.12. The van der Waals surface area contributed by atoms with Crippen LogP contribution in [0.3, 0.4) is 0 Å². The summed E-state index contributed by atoms with van der Waals surface area (Å²) < 4.78 is 10.0. The molecule has 0 atom stereocenters. The molecule has 0 aromatic heterocycles. The van der Waals surface area contributed by atoms with E-state index in [2.05, 4.69) is 4.74 Å². The third kappa shape index (κ3) is 2.16. The van der Waals surface area contributed by atoms with E-state index in [1.165, 1.54) is 0 Å². The van der Waals surface area contributed by atoms with E-state index >= 15 is 0 Å². The molecule has 0 aromatic carbocycles. The maximum absolute atomic E-state index is 6.41. The van der Waals surface area contributed by atoms with E-state index in [9.17, 15) is 0 Å². The molecule has 0 heterocycles. The van der Waals surface area contributed by atoms with Crippen LogP contribution in [0.2, 0.25) is 0 Å². The van der Waals surface area contributed by atoms with Crippen LogP contribution in [0.5, 0.6) is 0 Å².